The van der Waals surface area contributed by atoms with Gasteiger partial charge in [-0.1, -0.05) is 6.92 Å². The number of hydrogen-bond acceptors (Lipinski definition) is 4. The molecule has 0 N–H and O–H groups in total. The van der Waals surface area contributed by atoms with Crippen molar-refractivity contribution in [1.82, 2.24) is 24.4 Å². The minimum atomic E-state index is 0.890. The third kappa shape index (κ3) is 2.90. The molecule has 3 heterocycles. The van der Waals surface area contributed by atoms with Gasteiger partial charge < -0.3 is 4.57 Å². The highest BCUT2D eigenvalue weighted by molar-refractivity contribution is 5.21. The Morgan fingerprint density at radius 1 is 1.23 bits per heavy atom. The molecule has 1 aliphatic heterocycles. The molecular weight excluding hydrogens is 274 g/mol. The summed E-state index contributed by atoms with van der Waals surface area (Å²) in [6, 6.07) is 0. The van der Waals surface area contributed by atoms with Crippen molar-refractivity contribution >= 4 is 0 Å². The Morgan fingerprint density at radius 3 is 2.73 bits per heavy atom. The van der Waals surface area contributed by atoms with Crippen LogP contribution in [0.2, 0.25) is 0 Å². The van der Waals surface area contributed by atoms with Crippen LogP contribution in [0.1, 0.15) is 47.6 Å². The Bertz CT molecular complexity index is 674. The molecule has 2 aromatic rings. The summed E-state index contributed by atoms with van der Waals surface area (Å²) in [6.07, 6.45) is 5.11. The van der Waals surface area contributed by atoms with Crippen molar-refractivity contribution in [2.24, 2.45) is 7.05 Å². The Hall–Kier alpha value is -1.75. The van der Waals surface area contributed by atoms with Crippen molar-refractivity contribution < 1.29 is 0 Å². The number of rotatable bonds is 4. The Labute approximate surface area is 132 Å². The number of fused-ring (bicyclic) bond motifs is 1. The van der Waals surface area contributed by atoms with E-state index in [1.807, 2.05) is 6.20 Å². The first-order valence-electron chi connectivity index (χ1n) is 8.13. The Morgan fingerprint density at radius 2 is 2.05 bits per heavy atom. The van der Waals surface area contributed by atoms with Crippen LogP contribution in [0.5, 0.6) is 0 Å². The zero-order chi connectivity index (χ0) is 15.7. The molecule has 0 unspecified atom stereocenters. The van der Waals surface area contributed by atoms with Gasteiger partial charge in [-0.15, -0.1) is 0 Å². The zero-order valence-electron chi connectivity index (χ0n) is 14.1. The molecule has 0 bridgehead atoms. The predicted octanol–water partition coefficient (Wildman–Crippen LogP) is 2.34. The number of hydrogen-bond donors (Lipinski definition) is 0. The summed E-state index contributed by atoms with van der Waals surface area (Å²) >= 11 is 0. The van der Waals surface area contributed by atoms with Gasteiger partial charge in [0.1, 0.15) is 11.6 Å². The quantitative estimate of drug-likeness (QED) is 0.869. The van der Waals surface area contributed by atoms with Gasteiger partial charge in [-0.25, -0.2) is 15.0 Å². The van der Waals surface area contributed by atoms with Crippen molar-refractivity contribution in [1.29, 1.82) is 0 Å². The second kappa shape index (κ2) is 6.16. The maximum absolute atomic E-state index is 4.72. The van der Waals surface area contributed by atoms with Crippen LogP contribution >= 0.6 is 0 Å². The lowest BCUT2D eigenvalue weighted by molar-refractivity contribution is 0.234. The first-order valence-corrected chi connectivity index (χ1v) is 8.13. The predicted molar refractivity (Wildman–Crippen MR) is 86.5 cm³/mol. The van der Waals surface area contributed by atoms with Gasteiger partial charge in [0, 0.05) is 56.1 Å². The minimum Gasteiger partial charge on any atom is -0.334 e. The molecule has 0 spiro atoms. The molecule has 0 atom stereocenters. The summed E-state index contributed by atoms with van der Waals surface area (Å²) in [5.41, 5.74) is 4.89. The third-order valence-corrected chi connectivity index (χ3v) is 4.61. The average molecular weight is 299 g/mol. The first kappa shape index (κ1) is 15.2. The van der Waals surface area contributed by atoms with E-state index in [1.54, 1.807) is 0 Å². The van der Waals surface area contributed by atoms with Gasteiger partial charge >= 0.3 is 0 Å². The highest BCUT2D eigenvalue weighted by Gasteiger charge is 2.20. The third-order valence-electron chi connectivity index (χ3n) is 4.61. The minimum absolute atomic E-state index is 0.890. The van der Waals surface area contributed by atoms with Crippen LogP contribution in [0.25, 0.3) is 0 Å². The highest BCUT2D eigenvalue weighted by atomic mass is 15.2. The van der Waals surface area contributed by atoms with Crippen molar-refractivity contribution in [2.45, 2.75) is 53.1 Å². The highest BCUT2D eigenvalue weighted by Crippen LogP contribution is 2.19. The average Bonchev–Trinajstić information content (AvgIpc) is 2.75. The van der Waals surface area contributed by atoms with Crippen LogP contribution in [0.3, 0.4) is 0 Å². The lowest BCUT2D eigenvalue weighted by atomic mass is 10.1. The van der Waals surface area contributed by atoms with E-state index in [-0.39, 0.29) is 0 Å². The van der Waals surface area contributed by atoms with Crippen molar-refractivity contribution in [3.05, 3.63) is 40.5 Å². The summed E-state index contributed by atoms with van der Waals surface area (Å²) in [5, 5.41) is 0. The van der Waals surface area contributed by atoms with Crippen LogP contribution < -0.4 is 0 Å². The van der Waals surface area contributed by atoms with Crippen LogP contribution in [0.15, 0.2) is 6.20 Å². The molecule has 0 fully saturated rings. The standard InChI is InChI=1S/C17H25N5/c1-5-6-16-18-9-14-10-22(8-7-15(14)20-16)11-17-19-12(2)13(3)21(17)4/h9H,5-8,10-11H2,1-4H3. The molecule has 2 aromatic heterocycles. The fourth-order valence-corrected chi connectivity index (χ4v) is 3.02. The largest absolute Gasteiger partial charge is 0.334 e. The van der Waals surface area contributed by atoms with Gasteiger partial charge in [0.15, 0.2) is 0 Å². The van der Waals surface area contributed by atoms with E-state index in [9.17, 15) is 0 Å². The van der Waals surface area contributed by atoms with Gasteiger partial charge in [0.05, 0.1) is 12.2 Å². The smallest absolute Gasteiger partial charge is 0.128 e. The number of imidazole rings is 1. The summed E-state index contributed by atoms with van der Waals surface area (Å²) < 4.78 is 2.20. The maximum atomic E-state index is 4.72. The van der Waals surface area contributed by atoms with E-state index in [2.05, 4.69) is 47.3 Å². The number of nitrogens with zero attached hydrogens (tertiary/aromatic N) is 5. The van der Waals surface area contributed by atoms with E-state index < -0.39 is 0 Å². The van der Waals surface area contributed by atoms with Gasteiger partial charge in [0.25, 0.3) is 0 Å². The van der Waals surface area contributed by atoms with E-state index in [1.165, 1.54) is 17.0 Å². The lowest BCUT2D eigenvalue weighted by Crippen LogP contribution is -2.32. The number of aryl methyl sites for hydroxylation is 2. The van der Waals surface area contributed by atoms with E-state index >= 15 is 0 Å². The van der Waals surface area contributed by atoms with E-state index in [4.69, 9.17) is 4.98 Å². The fraction of sp³-hybridized carbons (Fsp3) is 0.588. The molecule has 118 valence electrons. The molecule has 5 nitrogen and oxygen atoms in total. The van der Waals surface area contributed by atoms with Crippen LogP contribution in [-0.4, -0.2) is 31.0 Å². The topological polar surface area (TPSA) is 46.8 Å². The SMILES string of the molecule is CCCc1ncc2c(n1)CCN(Cc1nc(C)c(C)n1C)C2. The normalized spacial score (nSPS) is 15.1. The first-order chi connectivity index (χ1) is 10.6. The summed E-state index contributed by atoms with van der Waals surface area (Å²) in [6.45, 7) is 9.23. The second-order valence-corrected chi connectivity index (χ2v) is 6.23. The Kier molecular flexibility index (Phi) is 4.25. The molecule has 1 aliphatic rings. The molecule has 22 heavy (non-hydrogen) atoms. The van der Waals surface area contributed by atoms with Crippen LogP contribution in [0.4, 0.5) is 0 Å². The maximum Gasteiger partial charge on any atom is 0.128 e. The van der Waals surface area contributed by atoms with Gasteiger partial charge in [-0.2, -0.15) is 0 Å². The van der Waals surface area contributed by atoms with Gasteiger partial charge in [0.2, 0.25) is 0 Å². The molecule has 3 rings (SSSR count). The lowest BCUT2D eigenvalue weighted by Gasteiger charge is -2.27. The van der Waals surface area contributed by atoms with Gasteiger partial charge in [-0.3, -0.25) is 4.90 Å². The van der Waals surface area contributed by atoms with Crippen LogP contribution in [0, 0.1) is 13.8 Å². The molecule has 0 amide bonds. The zero-order valence-corrected chi connectivity index (χ0v) is 14.1. The van der Waals surface area contributed by atoms with Crippen molar-refractivity contribution in [3.8, 4) is 0 Å². The second-order valence-electron chi connectivity index (χ2n) is 6.23. The van der Waals surface area contributed by atoms with Gasteiger partial charge in [-0.05, 0) is 20.3 Å². The Balaban J connectivity index is 1.73. The summed E-state index contributed by atoms with van der Waals surface area (Å²) in [5.74, 6) is 2.13. The molecule has 0 saturated heterocycles. The molecule has 0 radical (unpaired) electrons. The molecule has 0 aromatic carbocycles. The molecule has 0 saturated carbocycles. The van der Waals surface area contributed by atoms with E-state index in [0.29, 0.717) is 0 Å². The van der Waals surface area contributed by atoms with Crippen molar-refractivity contribution in [2.75, 3.05) is 6.54 Å². The molecule has 0 aliphatic carbocycles. The van der Waals surface area contributed by atoms with E-state index in [0.717, 1.165) is 56.2 Å². The summed E-state index contributed by atoms with van der Waals surface area (Å²) in [7, 11) is 2.10. The fourth-order valence-electron chi connectivity index (χ4n) is 3.02. The van der Waals surface area contributed by atoms with Crippen molar-refractivity contribution in [3.63, 3.8) is 0 Å². The molecular formula is C17H25N5. The number of aromatic nitrogens is 4. The monoisotopic (exact) mass is 299 g/mol. The summed E-state index contributed by atoms with van der Waals surface area (Å²) in [4.78, 5) is 16.3. The molecule has 5 heteroatoms. The van der Waals surface area contributed by atoms with Crippen LogP contribution in [-0.2, 0) is 33.0 Å².